The maximum Gasteiger partial charge on any atom is 0.279 e. The number of carbonyl (C=O) groups is 2. The quantitative estimate of drug-likeness (QED) is 0.180. The lowest BCUT2D eigenvalue weighted by atomic mass is 10.0. The van der Waals surface area contributed by atoms with E-state index in [2.05, 4.69) is 5.48 Å². The van der Waals surface area contributed by atoms with Crippen molar-refractivity contribution in [3.05, 3.63) is 130 Å². The minimum Gasteiger partial charge on any atom is -0.475 e. The number of ether oxygens (including phenoxy) is 3. The molecule has 1 aliphatic heterocycles. The van der Waals surface area contributed by atoms with Gasteiger partial charge in [-0.3, -0.25) is 14.4 Å². The zero-order chi connectivity index (χ0) is 32.5. The van der Waals surface area contributed by atoms with Gasteiger partial charge in [0.1, 0.15) is 11.6 Å². The number of sulfonamides is 1. The van der Waals surface area contributed by atoms with Gasteiger partial charge in [-0.05, 0) is 47.9 Å². The number of rotatable bonds is 13. The van der Waals surface area contributed by atoms with Crippen molar-refractivity contribution in [2.24, 2.45) is 0 Å². The van der Waals surface area contributed by atoms with E-state index in [4.69, 9.17) is 19.0 Å². The highest BCUT2D eigenvalue weighted by Crippen LogP contribution is 2.37. The highest BCUT2D eigenvalue weighted by molar-refractivity contribution is 7.93. The third-order valence-corrected chi connectivity index (χ3v) is 7.84. The maximum atomic E-state index is 15.8. The first kappa shape index (κ1) is 32.2. The fraction of sp³-hybridized carbons (Fsp3) is 0.176. The standard InChI is InChI=1S/C34H31FN2O8S/c1-2-9-26-28(17-15-27(31(26)35)33(38)36-44-21-24-12-7-4-8-13-24)45-32(25-14-16-29-30(20-25)43-22-42-29)34(39)37-46(40,41)19-18-23-10-5-3-6-11-23/h3-8,10-20,32H,2,9,21-22H2,1H3,(H,36,38)(H,37,39)/b19-18+. The van der Waals surface area contributed by atoms with E-state index in [0.717, 1.165) is 11.0 Å². The second kappa shape index (κ2) is 14.7. The van der Waals surface area contributed by atoms with Gasteiger partial charge < -0.3 is 14.2 Å². The Labute approximate surface area is 265 Å². The molecular weight excluding hydrogens is 615 g/mol. The van der Waals surface area contributed by atoms with Gasteiger partial charge in [-0.2, -0.15) is 0 Å². The molecule has 0 bridgehead atoms. The predicted octanol–water partition coefficient (Wildman–Crippen LogP) is 5.61. The smallest absolute Gasteiger partial charge is 0.279 e. The molecule has 0 saturated carbocycles. The molecule has 1 aliphatic rings. The average molecular weight is 647 g/mol. The second-order valence-electron chi connectivity index (χ2n) is 10.2. The Bertz CT molecular complexity index is 1830. The van der Waals surface area contributed by atoms with E-state index in [-0.39, 0.29) is 42.3 Å². The van der Waals surface area contributed by atoms with Gasteiger partial charge in [0.25, 0.3) is 21.8 Å². The van der Waals surface area contributed by atoms with E-state index in [1.807, 2.05) is 42.0 Å². The highest BCUT2D eigenvalue weighted by atomic mass is 32.2. The zero-order valence-corrected chi connectivity index (χ0v) is 25.6. The minimum atomic E-state index is -4.27. The van der Waals surface area contributed by atoms with E-state index in [1.54, 1.807) is 36.4 Å². The van der Waals surface area contributed by atoms with E-state index in [0.29, 0.717) is 23.5 Å². The van der Waals surface area contributed by atoms with E-state index in [9.17, 15) is 18.0 Å². The van der Waals surface area contributed by atoms with Crippen LogP contribution in [0, 0.1) is 5.82 Å². The molecule has 0 spiro atoms. The van der Waals surface area contributed by atoms with Crippen molar-refractivity contribution in [3.63, 3.8) is 0 Å². The van der Waals surface area contributed by atoms with Gasteiger partial charge >= 0.3 is 0 Å². The molecule has 1 heterocycles. The summed E-state index contributed by atoms with van der Waals surface area (Å²) in [6, 6.07) is 24.9. The van der Waals surface area contributed by atoms with Gasteiger partial charge in [0.05, 0.1) is 17.6 Å². The van der Waals surface area contributed by atoms with Gasteiger partial charge in [0.2, 0.25) is 12.9 Å². The molecular formula is C34H31FN2O8S. The van der Waals surface area contributed by atoms with Gasteiger partial charge in [0, 0.05) is 11.1 Å². The lowest BCUT2D eigenvalue weighted by molar-refractivity contribution is -0.126. The van der Waals surface area contributed by atoms with Crippen molar-refractivity contribution in [2.45, 2.75) is 32.5 Å². The molecule has 0 radical (unpaired) electrons. The summed E-state index contributed by atoms with van der Waals surface area (Å²) in [6.45, 7) is 1.86. The first-order valence-electron chi connectivity index (χ1n) is 14.4. The molecule has 12 heteroatoms. The van der Waals surface area contributed by atoms with Crippen molar-refractivity contribution in [1.29, 1.82) is 0 Å². The predicted molar refractivity (Wildman–Crippen MR) is 168 cm³/mol. The summed E-state index contributed by atoms with van der Waals surface area (Å²) in [7, 11) is -4.27. The summed E-state index contributed by atoms with van der Waals surface area (Å²) >= 11 is 0. The molecule has 238 valence electrons. The lowest BCUT2D eigenvalue weighted by Gasteiger charge is -2.22. The fourth-order valence-electron chi connectivity index (χ4n) is 4.62. The van der Waals surface area contributed by atoms with Crippen LogP contribution in [0.2, 0.25) is 0 Å². The number of benzene rings is 4. The Kier molecular flexibility index (Phi) is 10.3. The van der Waals surface area contributed by atoms with Crippen LogP contribution < -0.4 is 24.4 Å². The van der Waals surface area contributed by atoms with Crippen LogP contribution >= 0.6 is 0 Å². The summed E-state index contributed by atoms with van der Waals surface area (Å²) in [4.78, 5) is 31.6. The molecule has 0 fully saturated rings. The van der Waals surface area contributed by atoms with Crippen LogP contribution in [0.5, 0.6) is 17.2 Å². The minimum absolute atomic E-state index is 0.0282. The van der Waals surface area contributed by atoms with Crippen LogP contribution in [-0.2, 0) is 32.7 Å². The number of carbonyl (C=O) groups excluding carboxylic acids is 2. The normalized spacial score (nSPS) is 12.9. The molecule has 0 aromatic heterocycles. The first-order chi connectivity index (χ1) is 22.2. The van der Waals surface area contributed by atoms with Crippen LogP contribution in [0.1, 0.15) is 52.1 Å². The Hall–Kier alpha value is -5.20. The zero-order valence-electron chi connectivity index (χ0n) is 24.8. The van der Waals surface area contributed by atoms with Crippen LogP contribution in [0.4, 0.5) is 4.39 Å². The Morgan fingerprint density at radius 3 is 2.41 bits per heavy atom. The van der Waals surface area contributed by atoms with Crippen molar-refractivity contribution < 1.29 is 41.4 Å². The number of amides is 2. The van der Waals surface area contributed by atoms with E-state index >= 15 is 4.39 Å². The Morgan fingerprint density at radius 1 is 0.957 bits per heavy atom. The third kappa shape index (κ3) is 8.09. The monoisotopic (exact) mass is 646 g/mol. The second-order valence-corrected chi connectivity index (χ2v) is 11.8. The van der Waals surface area contributed by atoms with Crippen molar-refractivity contribution in [3.8, 4) is 17.2 Å². The van der Waals surface area contributed by atoms with Gasteiger partial charge in [-0.15, -0.1) is 0 Å². The molecule has 5 rings (SSSR count). The highest BCUT2D eigenvalue weighted by Gasteiger charge is 2.30. The average Bonchev–Trinajstić information content (AvgIpc) is 3.53. The van der Waals surface area contributed by atoms with Crippen LogP contribution in [0.3, 0.4) is 0 Å². The third-order valence-electron chi connectivity index (χ3n) is 6.86. The van der Waals surface area contributed by atoms with Crippen LogP contribution in [-0.4, -0.2) is 27.0 Å². The summed E-state index contributed by atoms with van der Waals surface area (Å²) in [6.07, 6.45) is 0.412. The molecule has 0 saturated heterocycles. The van der Waals surface area contributed by atoms with Crippen LogP contribution in [0.25, 0.3) is 6.08 Å². The number of hydrogen-bond acceptors (Lipinski definition) is 8. The SMILES string of the molecule is CCCc1c(OC(C(=O)NS(=O)(=O)/C=C/c2ccccc2)c2ccc3c(c2)OCO3)ccc(C(=O)NOCc2ccccc2)c1F. The van der Waals surface area contributed by atoms with Crippen molar-refractivity contribution in [2.75, 3.05) is 6.79 Å². The number of fused-ring (bicyclic) bond motifs is 1. The number of hydrogen-bond donors (Lipinski definition) is 2. The Morgan fingerprint density at radius 2 is 1.67 bits per heavy atom. The summed E-state index contributed by atoms with van der Waals surface area (Å²) < 4.78 is 60.5. The Balaban J connectivity index is 1.40. The van der Waals surface area contributed by atoms with E-state index in [1.165, 1.54) is 30.3 Å². The summed E-state index contributed by atoms with van der Waals surface area (Å²) in [5.41, 5.74) is 3.64. The number of halogens is 1. The van der Waals surface area contributed by atoms with Gasteiger partial charge in [-0.25, -0.2) is 23.0 Å². The first-order valence-corrected chi connectivity index (χ1v) is 15.9. The van der Waals surface area contributed by atoms with Gasteiger partial charge in [0.15, 0.2) is 11.5 Å². The maximum absolute atomic E-state index is 15.8. The largest absolute Gasteiger partial charge is 0.475 e. The number of nitrogens with one attached hydrogen (secondary N) is 2. The molecule has 10 nitrogen and oxygen atoms in total. The molecule has 0 aliphatic carbocycles. The molecule has 1 atom stereocenters. The summed E-state index contributed by atoms with van der Waals surface area (Å²) in [5.74, 6) is -1.98. The molecule has 2 N–H and O–H groups in total. The topological polar surface area (TPSA) is 129 Å². The van der Waals surface area contributed by atoms with Gasteiger partial charge in [-0.1, -0.05) is 80.1 Å². The molecule has 2 amide bonds. The molecule has 4 aromatic carbocycles. The van der Waals surface area contributed by atoms with Crippen molar-refractivity contribution >= 4 is 27.9 Å². The fourth-order valence-corrected chi connectivity index (χ4v) is 5.41. The molecule has 46 heavy (non-hydrogen) atoms. The van der Waals surface area contributed by atoms with E-state index < -0.39 is 33.8 Å². The summed E-state index contributed by atoms with van der Waals surface area (Å²) in [5, 5.41) is 0.867. The molecule has 1 unspecified atom stereocenters. The van der Waals surface area contributed by atoms with Crippen molar-refractivity contribution in [1.82, 2.24) is 10.2 Å². The number of hydroxylamine groups is 1. The lowest BCUT2D eigenvalue weighted by Crippen LogP contribution is -2.36. The molecule has 4 aromatic rings. The van der Waals surface area contributed by atoms with Crippen LogP contribution in [0.15, 0.2) is 96.4 Å².